The molecule has 0 aromatic heterocycles. The van der Waals surface area contributed by atoms with Gasteiger partial charge in [0, 0.05) is 23.4 Å². The number of non-ortho nitro benzene ring substituents is 1. The van der Waals surface area contributed by atoms with E-state index in [2.05, 4.69) is 15.6 Å². The number of nitrogens with zero attached hydrogens (tertiary/aromatic N) is 1. The summed E-state index contributed by atoms with van der Waals surface area (Å²) in [4.78, 5) is 34.1. The van der Waals surface area contributed by atoms with Crippen molar-refractivity contribution in [3.8, 4) is 5.75 Å². The van der Waals surface area contributed by atoms with Crippen molar-refractivity contribution >= 4 is 33.2 Å². The summed E-state index contributed by atoms with van der Waals surface area (Å²) in [6, 6.07) is 17.3. The fourth-order valence-electron chi connectivity index (χ4n) is 2.87. The van der Waals surface area contributed by atoms with Crippen LogP contribution in [0.1, 0.15) is 22.8 Å². The van der Waals surface area contributed by atoms with E-state index in [4.69, 9.17) is 4.74 Å². The Morgan fingerprint density at radius 3 is 2.29 bits per heavy atom. The minimum Gasteiger partial charge on any atom is -0.484 e. The number of aryl methyl sites for hydroxylation is 1. The first-order valence-corrected chi connectivity index (χ1v) is 11.8. The summed E-state index contributed by atoms with van der Waals surface area (Å²) >= 11 is 0. The molecule has 35 heavy (non-hydrogen) atoms. The molecule has 0 heterocycles. The Morgan fingerprint density at radius 2 is 1.66 bits per heavy atom. The maximum absolute atomic E-state index is 12.5. The molecular weight excluding hydrogens is 476 g/mol. The minimum atomic E-state index is -4.08. The summed E-state index contributed by atoms with van der Waals surface area (Å²) in [5.74, 6) is -0.676. The third kappa shape index (κ3) is 7.01. The van der Waals surface area contributed by atoms with Crippen LogP contribution in [0.3, 0.4) is 0 Å². The summed E-state index contributed by atoms with van der Waals surface area (Å²) in [5, 5.41) is 10.9. The molecule has 11 nitrogen and oxygen atoms in total. The highest BCUT2D eigenvalue weighted by Gasteiger charge is 2.18. The molecule has 0 aliphatic heterocycles. The van der Waals surface area contributed by atoms with E-state index < -0.39 is 26.8 Å². The van der Waals surface area contributed by atoms with E-state index in [0.717, 1.165) is 18.1 Å². The van der Waals surface area contributed by atoms with Crippen LogP contribution in [0.5, 0.6) is 5.75 Å². The van der Waals surface area contributed by atoms with Gasteiger partial charge in [-0.05, 0) is 54.4 Å². The van der Waals surface area contributed by atoms with Crippen molar-refractivity contribution in [1.82, 2.24) is 10.9 Å². The van der Waals surface area contributed by atoms with Gasteiger partial charge in [0.1, 0.15) is 5.75 Å². The van der Waals surface area contributed by atoms with Gasteiger partial charge in [0.15, 0.2) is 6.61 Å². The van der Waals surface area contributed by atoms with Crippen molar-refractivity contribution in [2.24, 2.45) is 0 Å². The average molecular weight is 499 g/mol. The molecule has 3 aromatic rings. The molecule has 0 spiro atoms. The predicted molar refractivity (Wildman–Crippen MR) is 127 cm³/mol. The fraction of sp³-hybridized carbons (Fsp3) is 0.130. The van der Waals surface area contributed by atoms with Crippen LogP contribution in [-0.2, 0) is 21.2 Å². The van der Waals surface area contributed by atoms with E-state index in [9.17, 15) is 28.1 Å². The molecule has 3 N–H and O–H groups in total. The minimum absolute atomic E-state index is 0.139. The van der Waals surface area contributed by atoms with Crippen molar-refractivity contribution in [1.29, 1.82) is 0 Å². The maximum Gasteiger partial charge on any atom is 0.276 e. The first-order valence-electron chi connectivity index (χ1n) is 10.4. The lowest BCUT2D eigenvalue weighted by atomic mass is 10.2. The predicted octanol–water partition coefficient (Wildman–Crippen LogP) is 2.80. The number of nitro benzene ring substituents is 1. The summed E-state index contributed by atoms with van der Waals surface area (Å²) in [7, 11) is -4.08. The number of nitro groups is 1. The summed E-state index contributed by atoms with van der Waals surface area (Å²) in [5.41, 5.74) is 5.54. The number of sulfonamides is 1. The highest BCUT2D eigenvalue weighted by Crippen LogP contribution is 2.21. The van der Waals surface area contributed by atoms with Crippen molar-refractivity contribution in [2.45, 2.75) is 18.2 Å². The largest absolute Gasteiger partial charge is 0.484 e. The van der Waals surface area contributed by atoms with E-state index in [-0.39, 0.29) is 28.4 Å². The number of amides is 2. The molecule has 0 bridgehead atoms. The third-order valence-electron chi connectivity index (χ3n) is 4.76. The lowest BCUT2D eigenvalue weighted by Crippen LogP contribution is -2.43. The van der Waals surface area contributed by atoms with Crippen molar-refractivity contribution < 1.29 is 27.7 Å². The number of benzene rings is 3. The zero-order valence-corrected chi connectivity index (χ0v) is 19.4. The molecule has 2 amide bonds. The van der Waals surface area contributed by atoms with Crippen LogP contribution in [0.2, 0.25) is 0 Å². The molecule has 182 valence electrons. The Bertz CT molecular complexity index is 1320. The molecule has 0 atom stereocenters. The topological polar surface area (TPSA) is 157 Å². The number of hydrazine groups is 1. The molecule has 0 saturated heterocycles. The second-order valence-electron chi connectivity index (χ2n) is 7.23. The van der Waals surface area contributed by atoms with Gasteiger partial charge in [-0.1, -0.05) is 25.1 Å². The molecule has 12 heteroatoms. The monoisotopic (exact) mass is 498 g/mol. The summed E-state index contributed by atoms with van der Waals surface area (Å²) < 4.78 is 32.6. The van der Waals surface area contributed by atoms with Crippen LogP contribution in [-0.4, -0.2) is 31.8 Å². The summed E-state index contributed by atoms with van der Waals surface area (Å²) in [6.07, 6.45) is 0.886. The zero-order chi connectivity index (χ0) is 25.4. The number of carbonyl (C=O) groups is 2. The van der Waals surface area contributed by atoms with E-state index in [1.807, 2.05) is 19.1 Å². The van der Waals surface area contributed by atoms with Gasteiger partial charge < -0.3 is 4.74 Å². The highest BCUT2D eigenvalue weighted by molar-refractivity contribution is 7.92. The van der Waals surface area contributed by atoms with Crippen molar-refractivity contribution in [2.75, 3.05) is 11.3 Å². The number of anilines is 1. The maximum atomic E-state index is 12.5. The Kier molecular flexibility index (Phi) is 8.00. The number of nitrogens with one attached hydrogen (secondary N) is 3. The van der Waals surface area contributed by atoms with E-state index in [1.54, 1.807) is 12.1 Å². The number of carbonyl (C=O) groups excluding carboxylic acids is 2. The fourth-order valence-corrected chi connectivity index (χ4v) is 3.97. The molecular formula is C23H22N4O7S. The molecule has 3 rings (SSSR count). The standard InChI is InChI=1S/C23H22N4O7S/c1-2-16-6-12-20(13-7-16)34-15-22(28)24-25-23(29)17-8-10-18(11-9-17)26-35(32,33)21-5-3-4-19(14-21)27(30)31/h3-14,26H,2,15H2,1H3,(H,24,28)(H,25,29). The Labute approximate surface area is 201 Å². The van der Waals surface area contributed by atoms with E-state index >= 15 is 0 Å². The van der Waals surface area contributed by atoms with Crippen LogP contribution in [0.25, 0.3) is 0 Å². The van der Waals surface area contributed by atoms with Gasteiger partial charge >= 0.3 is 0 Å². The van der Waals surface area contributed by atoms with Gasteiger partial charge in [0.25, 0.3) is 27.5 Å². The molecule has 0 aliphatic carbocycles. The molecule has 3 aromatic carbocycles. The zero-order valence-electron chi connectivity index (χ0n) is 18.6. The van der Waals surface area contributed by atoms with Gasteiger partial charge in [-0.2, -0.15) is 0 Å². The van der Waals surface area contributed by atoms with Crippen LogP contribution >= 0.6 is 0 Å². The molecule has 0 radical (unpaired) electrons. The quantitative estimate of drug-likeness (QED) is 0.302. The molecule has 0 unspecified atom stereocenters. The summed E-state index contributed by atoms with van der Waals surface area (Å²) in [6.45, 7) is 1.72. The number of rotatable bonds is 9. The van der Waals surface area contributed by atoms with E-state index in [0.29, 0.717) is 5.75 Å². The Balaban J connectivity index is 1.52. The van der Waals surface area contributed by atoms with Crippen LogP contribution in [0.4, 0.5) is 11.4 Å². The number of hydrogen-bond donors (Lipinski definition) is 3. The lowest BCUT2D eigenvalue weighted by molar-refractivity contribution is -0.385. The van der Waals surface area contributed by atoms with Crippen molar-refractivity contribution in [3.05, 3.63) is 94.0 Å². The molecule has 0 fully saturated rings. The second-order valence-corrected chi connectivity index (χ2v) is 8.91. The van der Waals surface area contributed by atoms with Gasteiger partial charge in [0.05, 0.1) is 9.82 Å². The van der Waals surface area contributed by atoms with Crippen LogP contribution in [0, 0.1) is 10.1 Å². The van der Waals surface area contributed by atoms with Gasteiger partial charge in [-0.15, -0.1) is 0 Å². The molecule has 0 saturated carbocycles. The lowest BCUT2D eigenvalue weighted by Gasteiger charge is -2.10. The second kappa shape index (κ2) is 11.1. The first-order chi connectivity index (χ1) is 16.7. The van der Waals surface area contributed by atoms with Gasteiger partial charge in [-0.25, -0.2) is 8.42 Å². The van der Waals surface area contributed by atoms with Gasteiger partial charge in [0.2, 0.25) is 0 Å². The molecule has 0 aliphatic rings. The Hall–Kier alpha value is -4.45. The third-order valence-corrected chi connectivity index (χ3v) is 6.13. The van der Waals surface area contributed by atoms with Crippen molar-refractivity contribution in [3.63, 3.8) is 0 Å². The first kappa shape index (κ1) is 25.2. The Morgan fingerprint density at radius 1 is 0.971 bits per heavy atom. The highest BCUT2D eigenvalue weighted by atomic mass is 32.2. The van der Waals surface area contributed by atoms with Crippen LogP contribution in [0.15, 0.2) is 77.7 Å². The normalized spacial score (nSPS) is 10.8. The van der Waals surface area contributed by atoms with Gasteiger partial charge in [-0.3, -0.25) is 35.3 Å². The average Bonchev–Trinajstić information content (AvgIpc) is 2.86. The number of ether oxygens (including phenoxy) is 1. The SMILES string of the molecule is CCc1ccc(OCC(=O)NNC(=O)c2ccc(NS(=O)(=O)c3cccc([N+](=O)[O-])c3)cc2)cc1. The smallest absolute Gasteiger partial charge is 0.276 e. The van der Waals surface area contributed by atoms with Crippen LogP contribution < -0.4 is 20.3 Å². The van der Waals surface area contributed by atoms with E-state index in [1.165, 1.54) is 42.5 Å². The number of hydrogen-bond acceptors (Lipinski definition) is 7.